The minimum Gasteiger partial charge on any atom is -0.446 e. The first-order chi connectivity index (χ1) is 5.49. The fourth-order valence-electron chi connectivity index (χ4n) is 1.22. The van der Waals surface area contributed by atoms with Crippen molar-refractivity contribution in [3.63, 3.8) is 0 Å². The van der Waals surface area contributed by atoms with Crippen LogP contribution < -0.4 is 5.32 Å². The summed E-state index contributed by atoms with van der Waals surface area (Å²) in [6.45, 7) is 8.20. The number of carbonyl (C=O) groups excluding carboxylic acids is 1. The standard InChI is InChI=1S/C9H19NO2/c1-6(2)8(7(3)4)12-9(11)10-5/h6-8H,1-5H3,(H,10,11). The van der Waals surface area contributed by atoms with Gasteiger partial charge in [-0.25, -0.2) is 4.79 Å². The van der Waals surface area contributed by atoms with Crippen molar-refractivity contribution < 1.29 is 9.53 Å². The van der Waals surface area contributed by atoms with Crippen molar-refractivity contribution in [2.75, 3.05) is 7.05 Å². The highest BCUT2D eigenvalue weighted by Gasteiger charge is 2.20. The van der Waals surface area contributed by atoms with Gasteiger partial charge in [-0.2, -0.15) is 0 Å². The predicted octanol–water partition coefficient (Wildman–Crippen LogP) is 2.02. The number of hydrogen-bond acceptors (Lipinski definition) is 2. The van der Waals surface area contributed by atoms with E-state index in [1.807, 2.05) is 27.7 Å². The molecule has 0 aliphatic carbocycles. The number of alkyl carbamates (subject to hydrolysis) is 1. The third kappa shape index (κ3) is 3.60. The first-order valence-electron chi connectivity index (χ1n) is 4.37. The summed E-state index contributed by atoms with van der Waals surface area (Å²) in [4.78, 5) is 10.9. The lowest BCUT2D eigenvalue weighted by Crippen LogP contribution is -2.32. The number of amides is 1. The Balaban J connectivity index is 4.05. The molecule has 0 atom stereocenters. The Morgan fingerprint density at radius 1 is 1.17 bits per heavy atom. The fourth-order valence-corrected chi connectivity index (χ4v) is 1.22. The molecule has 3 heteroatoms. The Hall–Kier alpha value is -0.730. The first kappa shape index (κ1) is 11.3. The van der Waals surface area contributed by atoms with Crippen LogP contribution in [-0.2, 0) is 4.74 Å². The number of ether oxygens (including phenoxy) is 1. The van der Waals surface area contributed by atoms with Gasteiger partial charge in [0, 0.05) is 7.05 Å². The molecule has 0 aromatic rings. The van der Waals surface area contributed by atoms with Gasteiger partial charge in [-0.05, 0) is 11.8 Å². The maximum absolute atomic E-state index is 10.9. The molecule has 0 aliphatic heterocycles. The minimum absolute atomic E-state index is 0.00458. The van der Waals surface area contributed by atoms with Crippen LogP contribution in [0.3, 0.4) is 0 Å². The molecule has 0 unspecified atom stereocenters. The highest BCUT2D eigenvalue weighted by Crippen LogP contribution is 2.15. The van der Waals surface area contributed by atoms with Crippen molar-refractivity contribution in [3.8, 4) is 0 Å². The van der Waals surface area contributed by atoms with Crippen molar-refractivity contribution in [1.82, 2.24) is 5.32 Å². The van der Waals surface area contributed by atoms with E-state index in [0.29, 0.717) is 11.8 Å². The van der Waals surface area contributed by atoms with Gasteiger partial charge in [0.05, 0.1) is 0 Å². The molecule has 0 aromatic carbocycles. The Labute approximate surface area is 74.5 Å². The average Bonchev–Trinajstić information content (AvgIpc) is 1.98. The summed E-state index contributed by atoms with van der Waals surface area (Å²) in [6, 6.07) is 0. The molecule has 0 fully saturated rings. The lowest BCUT2D eigenvalue weighted by molar-refractivity contribution is 0.0436. The molecule has 0 radical (unpaired) electrons. The van der Waals surface area contributed by atoms with Crippen molar-refractivity contribution >= 4 is 6.09 Å². The summed E-state index contributed by atoms with van der Waals surface area (Å²) in [5.74, 6) is 0.726. The van der Waals surface area contributed by atoms with E-state index in [2.05, 4.69) is 5.32 Å². The number of carbonyl (C=O) groups is 1. The summed E-state index contributed by atoms with van der Waals surface area (Å²) >= 11 is 0. The summed E-state index contributed by atoms with van der Waals surface area (Å²) in [5.41, 5.74) is 0. The molecule has 1 amide bonds. The zero-order valence-corrected chi connectivity index (χ0v) is 8.55. The SMILES string of the molecule is CNC(=O)OC(C(C)C)C(C)C. The van der Waals surface area contributed by atoms with Gasteiger partial charge in [0.15, 0.2) is 0 Å². The molecule has 0 aliphatic rings. The molecule has 12 heavy (non-hydrogen) atoms. The quantitative estimate of drug-likeness (QED) is 0.709. The maximum Gasteiger partial charge on any atom is 0.407 e. The highest BCUT2D eigenvalue weighted by molar-refractivity contribution is 5.66. The van der Waals surface area contributed by atoms with Gasteiger partial charge in [-0.15, -0.1) is 0 Å². The number of hydrogen-bond donors (Lipinski definition) is 1. The van der Waals surface area contributed by atoms with Crippen LogP contribution in [0, 0.1) is 11.8 Å². The van der Waals surface area contributed by atoms with Crippen LogP contribution in [0.4, 0.5) is 4.79 Å². The van der Waals surface area contributed by atoms with Crippen LogP contribution in [0.25, 0.3) is 0 Å². The van der Waals surface area contributed by atoms with Crippen molar-refractivity contribution in [1.29, 1.82) is 0 Å². The normalized spacial score (nSPS) is 11.0. The second-order valence-electron chi connectivity index (χ2n) is 3.61. The lowest BCUT2D eigenvalue weighted by Gasteiger charge is -2.24. The second kappa shape index (κ2) is 5.01. The molecule has 0 saturated heterocycles. The van der Waals surface area contributed by atoms with Crippen LogP contribution in [0.2, 0.25) is 0 Å². The smallest absolute Gasteiger partial charge is 0.407 e. The van der Waals surface area contributed by atoms with E-state index in [0.717, 1.165) is 0 Å². The maximum atomic E-state index is 10.9. The Bertz CT molecular complexity index is 135. The van der Waals surface area contributed by atoms with Gasteiger partial charge in [0.2, 0.25) is 0 Å². The van der Waals surface area contributed by atoms with Crippen LogP contribution in [0.15, 0.2) is 0 Å². The zero-order chi connectivity index (χ0) is 9.72. The molecule has 0 aromatic heterocycles. The number of nitrogens with one attached hydrogen (secondary N) is 1. The molecule has 0 bridgehead atoms. The third-order valence-corrected chi connectivity index (χ3v) is 1.76. The van der Waals surface area contributed by atoms with Crippen LogP contribution in [-0.4, -0.2) is 19.2 Å². The molecule has 0 rings (SSSR count). The summed E-state index contributed by atoms with van der Waals surface area (Å²) in [7, 11) is 1.57. The van der Waals surface area contributed by atoms with Gasteiger partial charge in [0.25, 0.3) is 0 Å². The number of rotatable bonds is 3. The van der Waals surface area contributed by atoms with Gasteiger partial charge in [-0.3, -0.25) is 0 Å². The zero-order valence-electron chi connectivity index (χ0n) is 8.55. The Morgan fingerprint density at radius 3 is 1.83 bits per heavy atom. The fraction of sp³-hybridized carbons (Fsp3) is 0.889. The Morgan fingerprint density at radius 2 is 1.58 bits per heavy atom. The van der Waals surface area contributed by atoms with Crippen LogP contribution >= 0.6 is 0 Å². The monoisotopic (exact) mass is 173 g/mol. The minimum atomic E-state index is -0.345. The molecule has 0 heterocycles. The van der Waals surface area contributed by atoms with E-state index in [1.165, 1.54) is 0 Å². The highest BCUT2D eigenvalue weighted by atomic mass is 16.6. The van der Waals surface area contributed by atoms with E-state index in [4.69, 9.17) is 4.74 Å². The Kier molecular flexibility index (Phi) is 4.71. The molecule has 0 saturated carbocycles. The van der Waals surface area contributed by atoms with E-state index in [1.54, 1.807) is 7.05 Å². The van der Waals surface area contributed by atoms with Crippen molar-refractivity contribution in [2.45, 2.75) is 33.8 Å². The van der Waals surface area contributed by atoms with Gasteiger partial charge in [0.1, 0.15) is 6.10 Å². The first-order valence-corrected chi connectivity index (χ1v) is 4.37. The lowest BCUT2D eigenvalue weighted by atomic mass is 9.96. The van der Waals surface area contributed by atoms with E-state index in [9.17, 15) is 4.79 Å². The summed E-state index contributed by atoms with van der Waals surface area (Å²) in [5, 5.41) is 2.44. The van der Waals surface area contributed by atoms with Crippen LogP contribution in [0.5, 0.6) is 0 Å². The second-order valence-corrected chi connectivity index (χ2v) is 3.61. The third-order valence-electron chi connectivity index (χ3n) is 1.76. The van der Waals surface area contributed by atoms with Crippen LogP contribution in [0.1, 0.15) is 27.7 Å². The summed E-state index contributed by atoms with van der Waals surface area (Å²) in [6.07, 6.45) is -0.340. The van der Waals surface area contributed by atoms with E-state index >= 15 is 0 Å². The molecule has 3 nitrogen and oxygen atoms in total. The molecule has 1 N–H and O–H groups in total. The van der Waals surface area contributed by atoms with E-state index in [-0.39, 0.29) is 12.2 Å². The average molecular weight is 173 g/mol. The summed E-state index contributed by atoms with van der Waals surface area (Å²) < 4.78 is 5.17. The topological polar surface area (TPSA) is 38.3 Å². The van der Waals surface area contributed by atoms with Gasteiger partial charge >= 0.3 is 6.09 Å². The predicted molar refractivity (Wildman–Crippen MR) is 49.0 cm³/mol. The molecular formula is C9H19NO2. The molecular weight excluding hydrogens is 154 g/mol. The van der Waals surface area contributed by atoms with E-state index < -0.39 is 0 Å². The van der Waals surface area contributed by atoms with Crippen molar-refractivity contribution in [2.24, 2.45) is 11.8 Å². The van der Waals surface area contributed by atoms with Gasteiger partial charge in [-0.1, -0.05) is 27.7 Å². The largest absolute Gasteiger partial charge is 0.446 e. The van der Waals surface area contributed by atoms with Crippen molar-refractivity contribution in [3.05, 3.63) is 0 Å². The van der Waals surface area contributed by atoms with Gasteiger partial charge < -0.3 is 10.1 Å². The molecule has 0 spiro atoms. The molecule has 72 valence electrons.